The fourth-order valence-corrected chi connectivity index (χ4v) is 2.63. The highest BCUT2D eigenvalue weighted by Gasteiger charge is 2.43. The number of carbonyl (C=O) groups is 1. The number of ether oxygens (including phenoxy) is 1. The summed E-state index contributed by atoms with van der Waals surface area (Å²) in [5.74, 6) is -0.363. The largest absolute Gasteiger partial charge is 0.481 e. The Morgan fingerprint density at radius 2 is 2.36 bits per heavy atom. The van der Waals surface area contributed by atoms with Gasteiger partial charge in [0.15, 0.2) is 0 Å². The molecule has 0 radical (unpaired) electrons. The predicted molar refractivity (Wildman–Crippen MR) is 50.8 cm³/mol. The Bertz CT molecular complexity index is 231. The molecule has 0 saturated carbocycles. The molecule has 4 heteroatoms. The van der Waals surface area contributed by atoms with Gasteiger partial charge in [0.1, 0.15) is 0 Å². The van der Waals surface area contributed by atoms with Crippen molar-refractivity contribution in [2.24, 2.45) is 11.7 Å². The summed E-state index contributed by atoms with van der Waals surface area (Å²) < 4.78 is 5.69. The van der Waals surface area contributed by atoms with Crippen molar-refractivity contribution in [3.05, 3.63) is 0 Å². The molecule has 2 fully saturated rings. The Labute approximate surface area is 83.4 Å². The fourth-order valence-electron chi connectivity index (χ4n) is 2.63. The number of nitrogens with two attached hydrogens (primary N) is 1. The Morgan fingerprint density at radius 1 is 1.57 bits per heavy atom. The maximum atomic E-state index is 10.4. The quantitative estimate of drug-likeness (QED) is 0.700. The maximum Gasteiger partial charge on any atom is 0.303 e. The van der Waals surface area contributed by atoms with Gasteiger partial charge in [0, 0.05) is 18.4 Å². The zero-order valence-electron chi connectivity index (χ0n) is 8.19. The molecule has 0 aromatic carbocycles. The average molecular weight is 199 g/mol. The smallest absolute Gasteiger partial charge is 0.303 e. The van der Waals surface area contributed by atoms with E-state index in [9.17, 15) is 4.79 Å². The van der Waals surface area contributed by atoms with E-state index in [4.69, 9.17) is 15.6 Å². The second kappa shape index (κ2) is 3.87. The van der Waals surface area contributed by atoms with E-state index in [1.165, 1.54) is 0 Å². The van der Waals surface area contributed by atoms with E-state index in [0.717, 1.165) is 19.3 Å². The summed E-state index contributed by atoms with van der Waals surface area (Å²) in [4.78, 5) is 10.4. The minimum Gasteiger partial charge on any atom is -0.481 e. The Hall–Kier alpha value is -0.610. The lowest BCUT2D eigenvalue weighted by atomic mass is 9.82. The summed E-state index contributed by atoms with van der Waals surface area (Å²) >= 11 is 0. The summed E-state index contributed by atoms with van der Waals surface area (Å²) in [5.41, 5.74) is 5.97. The molecule has 4 atom stereocenters. The van der Waals surface area contributed by atoms with Gasteiger partial charge in [-0.15, -0.1) is 0 Å². The second-order valence-corrected chi connectivity index (χ2v) is 4.37. The van der Waals surface area contributed by atoms with E-state index in [1.807, 2.05) is 0 Å². The predicted octanol–water partition coefficient (Wildman–Crippen LogP) is 0.746. The molecule has 2 rings (SSSR count). The molecule has 0 aromatic rings. The lowest BCUT2D eigenvalue weighted by Crippen LogP contribution is -2.36. The summed E-state index contributed by atoms with van der Waals surface area (Å²) in [7, 11) is 0. The van der Waals surface area contributed by atoms with Crippen LogP contribution < -0.4 is 5.73 Å². The average Bonchev–Trinajstić information content (AvgIpc) is 2.74. The molecule has 0 amide bonds. The number of carboxylic acid groups (broad SMARTS) is 1. The highest BCUT2D eigenvalue weighted by molar-refractivity contribution is 5.66. The van der Waals surface area contributed by atoms with E-state index < -0.39 is 5.97 Å². The number of hydrogen-bond donors (Lipinski definition) is 2. The number of carboxylic acids is 1. The molecule has 0 spiro atoms. The minimum absolute atomic E-state index is 0.00130. The van der Waals surface area contributed by atoms with Gasteiger partial charge in [0.25, 0.3) is 0 Å². The van der Waals surface area contributed by atoms with Gasteiger partial charge in [0.2, 0.25) is 0 Å². The van der Waals surface area contributed by atoms with Crippen LogP contribution in [0.2, 0.25) is 0 Å². The normalized spacial score (nSPS) is 37.4. The van der Waals surface area contributed by atoms with Crippen LogP contribution >= 0.6 is 0 Å². The monoisotopic (exact) mass is 199 g/mol. The van der Waals surface area contributed by atoms with Gasteiger partial charge in [-0.1, -0.05) is 0 Å². The van der Waals surface area contributed by atoms with Gasteiger partial charge in [-0.2, -0.15) is 0 Å². The summed E-state index contributed by atoms with van der Waals surface area (Å²) in [6.45, 7) is 0. The first-order valence-corrected chi connectivity index (χ1v) is 5.29. The highest BCUT2D eigenvalue weighted by atomic mass is 16.5. The van der Waals surface area contributed by atoms with Crippen LogP contribution in [0.4, 0.5) is 0 Å². The van der Waals surface area contributed by atoms with Crippen LogP contribution in [0.3, 0.4) is 0 Å². The third kappa shape index (κ3) is 1.91. The Balaban J connectivity index is 1.80. The van der Waals surface area contributed by atoms with Crippen molar-refractivity contribution in [3.63, 3.8) is 0 Å². The van der Waals surface area contributed by atoms with Crippen LogP contribution in [-0.4, -0.2) is 29.3 Å². The molecule has 2 heterocycles. The molecule has 3 N–H and O–H groups in total. The molecular formula is C10H17NO3. The van der Waals surface area contributed by atoms with Gasteiger partial charge in [-0.25, -0.2) is 0 Å². The first-order chi connectivity index (χ1) is 6.66. The highest BCUT2D eigenvalue weighted by Crippen LogP contribution is 2.40. The zero-order valence-corrected chi connectivity index (χ0v) is 8.19. The topological polar surface area (TPSA) is 72.6 Å². The second-order valence-electron chi connectivity index (χ2n) is 4.37. The molecule has 2 bridgehead atoms. The Kier molecular flexibility index (Phi) is 2.74. The van der Waals surface area contributed by atoms with E-state index >= 15 is 0 Å². The van der Waals surface area contributed by atoms with Gasteiger partial charge in [-0.05, 0) is 25.7 Å². The van der Waals surface area contributed by atoms with Crippen molar-refractivity contribution in [1.82, 2.24) is 0 Å². The molecule has 2 aliphatic heterocycles. The van der Waals surface area contributed by atoms with Crippen molar-refractivity contribution >= 4 is 5.97 Å². The minimum atomic E-state index is -0.760. The molecular weight excluding hydrogens is 182 g/mol. The van der Waals surface area contributed by atoms with Gasteiger partial charge in [0.05, 0.1) is 12.2 Å². The standard InChI is InChI=1S/C10H17NO3/c11-8(2-4-10(12)13)7-5-6-1-3-9(7)14-6/h6-9H,1-5,11H2,(H,12,13). The number of aliphatic carboxylic acids is 1. The van der Waals surface area contributed by atoms with Crippen LogP contribution in [0.5, 0.6) is 0 Å². The van der Waals surface area contributed by atoms with E-state index in [-0.39, 0.29) is 12.5 Å². The van der Waals surface area contributed by atoms with Crippen molar-refractivity contribution in [1.29, 1.82) is 0 Å². The van der Waals surface area contributed by atoms with E-state index in [1.54, 1.807) is 0 Å². The van der Waals surface area contributed by atoms with Crippen LogP contribution in [0.1, 0.15) is 32.1 Å². The lowest BCUT2D eigenvalue weighted by molar-refractivity contribution is -0.137. The molecule has 0 aliphatic carbocycles. The van der Waals surface area contributed by atoms with Crippen LogP contribution in [0, 0.1) is 5.92 Å². The first kappa shape index (κ1) is 9.93. The van der Waals surface area contributed by atoms with Gasteiger partial charge >= 0.3 is 5.97 Å². The molecule has 4 nitrogen and oxygen atoms in total. The van der Waals surface area contributed by atoms with Crippen molar-refractivity contribution in [2.75, 3.05) is 0 Å². The molecule has 0 aromatic heterocycles. The van der Waals surface area contributed by atoms with Gasteiger partial charge in [-0.3, -0.25) is 4.79 Å². The third-order valence-corrected chi connectivity index (χ3v) is 3.39. The zero-order chi connectivity index (χ0) is 10.1. The summed E-state index contributed by atoms with van der Waals surface area (Å²) in [6, 6.07) is 0.00130. The van der Waals surface area contributed by atoms with Crippen LogP contribution in [0.25, 0.3) is 0 Å². The number of hydrogen-bond acceptors (Lipinski definition) is 3. The molecule has 2 saturated heterocycles. The molecule has 2 aliphatic rings. The van der Waals surface area contributed by atoms with E-state index in [0.29, 0.717) is 24.5 Å². The third-order valence-electron chi connectivity index (χ3n) is 3.39. The fraction of sp³-hybridized carbons (Fsp3) is 0.900. The number of rotatable bonds is 4. The van der Waals surface area contributed by atoms with Gasteiger partial charge < -0.3 is 15.6 Å². The summed E-state index contributed by atoms with van der Waals surface area (Å²) in [5, 5.41) is 8.55. The van der Waals surface area contributed by atoms with Crippen molar-refractivity contribution < 1.29 is 14.6 Å². The lowest BCUT2D eigenvalue weighted by Gasteiger charge is -2.24. The SMILES string of the molecule is NC(CCC(=O)O)C1CC2CCC1O2. The number of fused-ring (bicyclic) bond motifs is 2. The molecule has 14 heavy (non-hydrogen) atoms. The first-order valence-electron chi connectivity index (χ1n) is 5.29. The van der Waals surface area contributed by atoms with Crippen molar-refractivity contribution in [3.8, 4) is 0 Å². The van der Waals surface area contributed by atoms with Crippen molar-refractivity contribution in [2.45, 2.75) is 50.4 Å². The molecule has 4 unspecified atom stereocenters. The van der Waals surface area contributed by atoms with Crippen LogP contribution in [-0.2, 0) is 9.53 Å². The summed E-state index contributed by atoms with van der Waals surface area (Å²) in [6.07, 6.45) is 4.76. The Morgan fingerprint density at radius 3 is 2.86 bits per heavy atom. The maximum absolute atomic E-state index is 10.4. The molecule has 80 valence electrons. The van der Waals surface area contributed by atoms with E-state index in [2.05, 4.69) is 0 Å². The van der Waals surface area contributed by atoms with Crippen LogP contribution in [0.15, 0.2) is 0 Å².